The highest BCUT2D eigenvalue weighted by Crippen LogP contribution is 2.33. The van der Waals surface area contributed by atoms with Gasteiger partial charge in [-0.25, -0.2) is 4.79 Å². The molecule has 4 aromatic rings. The van der Waals surface area contributed by atoms with Crippen LogP contribution in [0.25, 0.3) is 11.1 Å². The number of hydrogen-bond donors (Lipinski definition) is 0. The van der Waals surface area contributed by atoms with Crippen LogP contribution in [-0.2, 0) is 18.0 Å². The minimum atomic E-state index is -0.496. The summed E-state index contributed by atoms with van der Waals surface area (Å²) < 4.78 is 24.0. The highest BCUT2D eigenvalue weighted by molar-refractivity contribution is 5.70. The van der Waals surface area contributed by atoms with E-state index in [1.807, 2.05) is 118 Å². The Labute approximate surface area is 248 Å². The lowest BCUT2D eigenvalue weighted by molar-refractivity contribution is 0.0126. The minimum absolute atomic E-state index is 0.0435. The average molecular weight is 567 g/mol. The van der Waals surface area contributed by atoms with Crippen LogP contribution in [0.1, 0.15) is 44.7 Å². The van der Waals surface area contributed by atoms with Crippen molar-refractivity contribution in [3.8, 4) is 28.6 Å². The van der Waals surface area contributed by atoms with Gasteiger partial charge in [0.2, 0.25) is 11.8 Å². The Kier molecular flexibility index (Phi) is 9.27. The molecule has 0 N–H and O–H groups in total. The van der Waals surface area contributed by atoms with Crippen LogP contribution in [0.2, 0.25) is 0 Å². The number of rotatable bonds is 9. The van der Waals surface area contributed by atoms with E-state index in [1.54, 1.807) is 4.90 Å². The van der Waals surface area contributed by atoms with E-state index in [9.17, 15) is 4.79 Å². The predicted octanol–water partition coefficient (Wildman–Crippen LogP) is 7.68. The van der Waals surface area contributed by atoms with Crippen LogP contribution in [0, 0.1) is 0 Å². The Morgan fingerprint density at radius 1 is 0.786 bits per heavy atom. The maximum Gasteiger partial charge on any atom is 0.410 e. The van der Waals surface area contributed by atoms with Gasteiger partial charge in [0.25, 0.3) is 0 Å². The van der Waals surface area contributed by atoms with E-state index in [0.717, 1.165) is 40.8 Å². The van der Waals surface area contributed by atoms with Gasteiger partial charge in [-0.2, -0.15) is 4.98 Å². The third-order valence-corrected chi connectivity index (χ3v) is 6.84. The molecule has 1 aromatic heterocycles. The molecule has 1 fully saturated rings. The summed E-state index contributed by atoms with van der Waals surface area (Å²) in [6.07, 6.45) is 1.29. The number of likely N-dealkylation sites (tertiary alicyclic amines) is 1. The predicted molar refractivity (Wildman–Crippen MR) is 163 cm³/mol. The van der Waals surface area contributed by atoms with Crippen LogP contribution >= 0.6 is 0 Å². The fraction of sp³-hybridized carbons (Fsp3) is 0.314. The summed E-state index contributed by atoms with van der Waals surface area (Å²) in [4.78, 5) is 18.8. The molecule has 0 spiro atoms. The Balaban J connectivity index is 1.24. The zero-order valence-corrected chi connectivity index (χ0v) is 24.5. The van der Waals surface area contributed by atoms with Gasteiger partial charge in [0.1, 0.15) is 30.7 Å². The van der Waals surface area contributed by atoms with Crippen molar-refractivity contribution in [1.29, 1.82) is 0 Å². The van der Waals surface area contributed by atoms with Gasteiger partial charge in [-0.05, 0) is 55.7 Å². The van der Waals surface area contributed by atoms with E-state index in [0.29, 0.717) is 38.1 Å². The number of nitrogens with zero attached hydrogens (tertiary/aromatic N) is 2. The van der Waals surface area contributed by atoms with Gasteiger partial charge in [0.05, 0.1) is 0 Å². The monoisotopic (exact) mass is 566 g/mol. The summed E-state index contributed by atoms with van der Waals surface area (Å²) in [5.74, 6) is 1.80. The first-order valence-electron chi connectivity index (χ1n) is 14.4. The minimum Gasteiger partial charge on any atom is -0.490 e. The number of pyridine rings is 1. The number of ether oxygens (including phenoxy) is 4. The van der Waals surface area contributed by atoms with Gasteiger partial charge >= 0.3 is 6.09 Å². The molecule has 218 valence electrons. The first-order chi connectivity index (χ1) is 20.3. The number of aromatic nitrogens is 1. The van der Waals surface area contributed by atoms with Crippen LogP contribution in [0.15, 0.2) is 97.1 Å². The second-order valence-corrected chi connectivity index (χ2v) is 11.4. The van der Waals surface area contributed by atoms with Crippen LogP contribution in [-0.4, -0.2) is 40.8 Å². The van der Waals surface area contributed by atoms with Gasteiger partial charge in [0.15, 0.2) is 0 Å². The molecule has 0 unspecified atom stereocenters. The lowest BCUT2D eigenvalue weighted by Crippen LogP contribution is -2.44. The smallest absolute Gasteiger partial charge is 0.410 e. The number of carbonyl (C=O) groups excluding carboxylic acids is 1. The van der Waals surface area contributed by atoms with Crippen molar-refractivity contribution in [3.05, 3.63) is 108 Å². The molecule has 2 heterocycles. The molecule has 0 bridgehead atoms. The second-order valence-electron chi connectivity index (χ2n) is 11.4. The Bertz CT molecular complexity index is 1430. The molecule has 0 aliphatic carbocycles. The molecular formula is C35H38N2O5. The summed E-state index contributed by atoms with van der Waals surface area (Å²) in [7, 11) is 0. The number of carbonyl (C=O) groups is 1. The van der Waals surface area contributed by atoms with Crippen LogP contribution in [0.3, 0.4) is 0 Å². The molecule has 7 heteroatoms. The van der Waals surface area contributed by atoms with Gasteiger partial charge in [-0.3, -0.25) is 0 Å². The zero-order chi connectivity index (χ0) is 29.4. The van der Waals surface area contributed by atoms with E-state index in [-0.39, 0.29) is 12.2 Å². The topological polar surface area (TPSA) is 70.1 Å². The summed E-state index contributed by atoms with van der Waals surface area (Å²) in [5.41, 5.74) is 3.47. The summed E-state index contributed by atoms with van der Waals surface area (Å²) in [6, 6.07) is 31.9. The fourth-order valence-corrected chi connectivity index (χ4v) is 4.68. The molecule has 1 amide bonds. The maximum absolute atomic E-state index is 12.4. The molecule has 5 rings (SSSR count). The number of amides is 1. The van der Waals surface area contributed by atoms with Crippen molar-refractivity contribution in [1.82, 2.24) is 9.88 Å². The quantitative estimate of drug-likeness (QED) is 0.207. The molecule has 1 aliphatic rings. The zero-order valence-electron chi connectivity index (χ0n) is 24.5. The van der Waals surface area contributed by atoms with E-state index in [4.69, 9.17) is 23.9 Å². The summed E-state index contributed by atoms with van der Waals surface area (Å²) in [6.45, 7) is 7.70. The van der Waals surface area contributed by atoms with Gasteiger partial charge < -0.3 is 23.8 Å². The van der Waals surface area contributed by atoms with Gasteiger partial charge in [-0.1, -0.05) is 72.8 Å². The number of benzene rings is 3. The van der Waals surface area contributed by atoms with Crippen molar-refractivity contribution in [2.45, 2.75) is 58.5 Å². The highest BCUT2D eigenvalue weighted by Gasteiger charge is 2.27. The van der Waals surface area contributed by atoms with Crippen LogP contribution in [0.4, 0.5) is 4.79 Å². The van der Waals surface area contributed by atoms with E-state index in [1.165, 1.54) is 0 Å². The van der Waals surface area contributed by atoms with Crippen molar-refractivity contribution in [3.63, 3.8) is 0 Å². The molecule has 1 aliphatic heterocycles. The molecule has 1 saturated heterocycles. The molecule has 0 radical (unpaired) electrons. The van der Waals surface area contributed by atoms with Crippen molar-refractivity contribution in [2.24, 2.45) is 0 Å². The average Bonchev–Trinajstić information content (AvgIpc) is 3.00. The van der Waals surface area contributed by atoms with Crippen LogP contribution < -0.4 is 14.2 Å². The number of hydrogen-bond acceptors (Lipinski definition) is 6. The Morgan fingerprint density at radius 3 is 1.98 bits per heavy atom. The Hall–Kier alpha value is -4.52. The van der Waals surface area contributed by atoms with Gasteiger partial charge in [0, 0.05) is 37.6 Å². The summed E-state index contributed by atoms with van der Waals surface area (Å²) >= 11 is 0. The van der Waals surface area contributed by atoms with Crippen molar-refractivity contribution in [2.75, 3.05) is 13.1 Å². The van der Waals surface area contributed by atoms with Crippen molar-refractivity contribution < 1.29 is 23.7 Å². The third-order valence-electron chi connectivity index (χ3n) is 6.84. The summed E-state index contributed by atoms with van der Waals surface area (Å²) in [5, 5.41) is 0. The molecular weight excluding hydrogens is 528 g/mol. The lowest BCUT2D eigenvalue weighted by atomic mass is 10.1. The molecule has 0 saturated carbocycles. The third kappa shape index (κ3) is 8.26. The molecule has 7 nitrogen and oxygen atoms in total. The largest absolute Gasteiger partial charge is 0.490 e. The number of piperidine rings is 1. The second kappa shape index (κ2) is 13.4. The lowest BCUT2D eigenvalue weighted by Gasteiger charge is -2.33. The maximum atomic E-state index is 12.4. The van der Waals surface area contributed by atoms with Crippen molar-refractivity contribution >= 4 is 6.09 Å². The van der Waals surface area contributed by atoms with Crippen LogP contribution in [0.5, 0.6) is 17.5 Å². The molecule has 42 heavy (non-hydrogen) atoms. The SMILES string of the molecule is CC(C)(C)OC(=O)N1CCC(Oc2ccc(-c3ccc(OCc4ccccc4)nc3OCc3ccccc3)cc2)CC1. The molecule has 0 atom stereocenters. The standard InChI is InChI=1S/C35H38N2O5/c1-35(2,3)42-34(38)37-22-20-30(21-23-37)41-29-16-14-28(15-17-29)31-18-19-32(39-24-26-10-6-4-7-11-26)36-33(31)40-25-27-12-8-5-9-13-27/h4-19,30H,20-25H2,1-3H3. The van der Waals surface area contributed by atoms with E-state index in [2.05, 4.69) is 0 Å². The van der Waals surface area contributed by atoms with E-state index >= 15 is 0 Å². The van der Waals surface area contributed by atoms with Gasteiger partial charge in [-0.15, -0.1) is 0 Å². The first-order valence-corrected chi connectivity index (χ1v) is 14.4. The Morgan fingerprint density at radius 2 is 1.38 bits per heavy atom. The highest BCUT2D eigenvalue weighted by atomic mass is 16.6. The first kappa shape index (κ1) is 29.0. The fourth-order valence-electron chi connectivity index (χ4n) is 4.68. The van der Waals surface area contributed by atoms with E-state index < -0.39 is 5.60 Å². The normalized spacial score (nSPS) is 13.8. The molecule has 3 aromatic carbocycles.